The normalized spacial score (nSPS) is 10.8. The molecule has 0 radical (unpaired) electrons. The Morgan fingerprint density at radius 2 is 1.79 bits per heavy atom. The Morgan fingerprint density at radius 1 is 1.00 bits per heavy atom. The first-order chi connectivity index (χ1) is 14.2. The van der Waals surface area contributed by atoms with Gasteiger partial charge in [-0.3, -0.25) is 9.67 Å². The molecule has 5 nitrogen and oxygen atoms in total. The summed E-state index contributed by atoms with van der Waals surface area (Å²) >= 11 is 5.40. The van der Waals surface area contributed by atoms with E-state index in [0.717, 1.165) is 23.6 Å². The van der Waals surface area contributed by atoms with Crippen molar-refractivity contribution >= 4 is 12.2 Å². The molecule has 0 unspecified atom stereocenters. The molecular formula is C23H29N3O2S. The highest BCUT2D eigenvalue weighted by atomic mass is 32.1. The zero-order valence-corrected chi connectivity index (χ0v) is 18.0. The summed E-state index contributed by atoms with van der Waals surface area (Å²) in [5, 5.41) is 7.18. The lowest BCUT2D eigenvalue weighted by molar-refractivity contribution is 0.293. The van der Waals surface area contributed by atoms with Crippen molar-refractivity contribution in [1.29, 1.82) is 0 Å². The number of methoxy groups -OCH3 is 1. The first kappa shape index (κ1) is 21.1. The number of aryl methyl sites for hydroxylation is 1. The van der Waals surface area contributed by atoms with Crippen molar-refractivity contribution in [2.75, 3.05) is 7.11 Å². The number of aromatic nitrogens is 3. The minimum Gasteiger partial charge on any atom is -0.497 e. The minimum atomic E-state index is 0.320. The summed E-state index contributed by atoms with van der Waals surface area (Å²) in [6.07, 6.45) is 7.63. The molecular weight excluding hydrogens is 382 g/mol. The average Bonchev–Trinajstić information content (AvgIpc) is 3.13. The van der Waals surface area contributed by atoms with Crippen LogP contribution in [0.4, 0.5) is 0 Å². The predicted molar refractivity (Wildman–Crippen MR) is 119 cm³/mol. The van der Waals surface area contributed by atoms with Gasteiger partial charge in [-0.2, -0.15) is 5.10 Å². The van der Waals surface area contributed by atoms with E-state index in [1.807, 2.05) is 41.0 Å². The third-order valence-corrected chi connectivity index (χ3v) is 5.19. The summed E-state index contributed by atoms with van der Waals surface area (Å²) in [5.74, 6) is 2.30. The first-order valence-electron chi connectivity index (χ1n) is 10.2. The molecule has 3 aromatic rings. The number of rotatable bonds is 11. The number of aromatic amines is 1. The predicted octanol–water partition coefficient (Wildman–Crippen LogP) is 6.03. The van der Waals surface area contributed by atoms with Crippen molar-refractivity contribution in [1.82, 2.24) is 14.8 Å². The third kappa shape index (κ3) is 5.94. The Bertz CT molecular complexity index is 947. The summed E-state index contributed by atoms with van der Waals surface area (Å²) in [6, 6.07) is 16.1. The lowest BCUT2D eigenvalue weighted by Gasteiger charge is -2.10. The van der Waals surface area contributed by atoms with Crippen LogP contribution in [0, 0.1) is 4.77 Å². The van der Waals surface area contributed by atoms with Gasteiger partial charge in [-0.1, -0.05) is 50.8 Å². The molecule has 0 spiro atoms. The van der Waals surface area contributed by atoms with Crippen LogP contribution in [0.5, 0.6) is 11.5 Å². The fourth-order valence-corrected chi connectivity index (χ4v) is 3.53. The second-order valence-electron chi connectivity index (χ2n) is 7.08. The van der Waals surface area contributed by atoms with Gasteiger partial charge in [-0.25, -0.2) is 0 Å². The van der Waals surface area contributed by atoms with Crippen LogP contribution in [-0.2, 0) is 13.0 Å². The number of benzene rings is 2. The Balaban J connectivity index is 1.60. The van der Waals surface area contributed by atoms with Crippen molar-refractivity contribution in [3.8, 4) is 17.2 Å². The van der Waals surface area contributed by atoms with E-state index in [4.69, 9.17) is 21.7 Å². The molecule has 29 heavy (non-hydrogen) atoms. The summed E-state index contributed by atoms with van der Waals surface area (Å²) < 4.78 is 13.7. The van der Waals surface area contributed by atoms with Crippen molar-refractivity contribution < 1.29 is 9.47 Å². The van der Waals surface area contributed by atoms with E-state index < -0.39 is 0 Å². The summed E-state index contributed by atoms with van der Waals surface area (Å²) in [4.78, 5) is 0. The molecule has 0 saturated heterocycles. The Labute approximate surface area is 177 Å². The molecule has 1 N–H and O–H groups in total. The lowest BCUT2D eigenvalue weighted by atomic mass is 10.1. The van der Waals surface area contributed by atoms with Crippen molar-refractivity contribution in [2.45, 2.75) is 52.1 Å². The van der Waals surface area contributed by atoms with Gasteiger partial charge in [0.2, 0.25) is 0 Å². The SMILES string of the molecule is CCCCCCCc1ccc(OCc2n[nH]c(=S)n2-c2cccc(OC)c2)cc1. The topological polar surface area (TPSA) is 52.1 Å². The number of unbranched alkanes of at least 4 members (excludes halogenated alkanes) is 4. The molecule has 3 rings (SSSR count). The minimum absolute atomic E-state index is 0.320. The number of ether oxygens (including phenoxy) is 2. The molecule has 0 bridgehead atoms. The number of hydrogen-bond acceptors (Lipinski definition) is 4. The van der Waals surface area contributed by atoms with E-state index in [9.17, 15) is 0 Å². The smallest absolute Gasteiger partial charge is 0.199 e. The van der Waals surface area contributed by atoms with Crippen LogP contribution in [0.2, 0.25) is 0 Å². The molecule has 0 aliphatic heterocycles. The van der Waals surface area contributed by atoms with E-state index >= 15 is 0 Å². The highest BCUT2D eigenvalue weighted by Gasteiger charge is 2.10. The number of H-pyrrole nitrogens is 1. The average molecular weight is 412 g/mol. The first-order valence-corrected chi connectivity index (χ1v) is 10.6. The second-order valence-corrected chi connectivity index (χ2v) is 7.47. The van der Waals surface area contributed by atoms with Gasteiger partial charge in [-0.05, 0) is 54.9 Å². The number of hydrogen-bond donors (Lipinski definition) is 1. The van der Waals surface area contributed by atoms with Gasteiger partial charge in [-0.15, -0.1) is 0 Å². The summed E-state index contributed by atoms with van der Waals surface area (Å²) in [6.45, 7) is 2.57. The molecule has 0 saturated carbocycles. The van der Waals surface area contributed by atoms with Gasteiger partial charge in [0.05, 0.1) is 12.8 Å². The number of nitrogens with one attached hydrogen (secondary N) is 1. The molecule has 1 aromatic heterocycles. The quantitative estimate of drug-likeness (QED) is 0.309. The van der Waals surface area contributed by atoms with Crippen LogP contribution >= 0.6 is 12.2 Å². The van der Waals surface area contributed by atoms with Crippen LogP contribution in [-0.4, -0.2) is 21.9 Å². The van der Waals surface area contributed by atoms with Gasteiger partial charge < -0.3 is 9.47 Å². The van der Waals surface area contributed by atoms with Crippen LogP contribution < -0.4 is 9.47 Å². The van der Waals surface area contributed by atoms with Gasteiger partial charge in [0.15, 0.2) is 10.6 Å². The van der Waals surface area contributed by atoms with Crippen molar-refractivity contribution in [2.24, 2.45) is 0 Å². The molecule has 154 valence electrons. The maximum Gasteiger partial charge on any atom is 0.199 e. The van der Waals surface area contributed by atoms with Gasteiger partial charge >= 0.3 is 0 Å². The van der Waals surface area contributed by atoms with Crippen LogP contribution in [0.3, 0.4) is 0 Å². The molecule has 6 heteroatoms. The molecule has 2 aromatic carbocycles. The molecule has 0 atom stereocenters. The Morgan fingerprint density at radius 3 is 2.55 bits per heavy atom. The zero-order valence-electron chi connectivity index (χ0n) is 17.2. The maximum absolute atomic E-state index is 5.96. The van der Waals surface area contributed by atoms with Crippen LogP contribution in [0.1, 0.15) is 50.4 Å². The molecule has 0 fully saturated rings. The maximum atomic E-state index is 5.96. The van der Waals surface area contributed by atoms with E-state index in [-0.39, 0.29) is 0 Å². The van der Waals surface area contributed by atoms with Crippen molar-refractivity contribution in [3.05, 3.63) is 64.7 Å². The fraction of sp³-hybridized carbons (Fsp3) is 0.391. The largest absolute Gasteiger partial charge is 0.497 e. The summed E-state index contributed by atoms with van der Waals surface area (Å²) in [5.41, 5.74) is 2.24. The second kappa shape index (κ2) is 10.8. The zero-order chi connectivity index (χ0) is 20.5. The highest BCUT2D eigenvalue weighted by Crippen LogP contribution is 2.20. The van der Waals surface area contributed by atoms with Gasteiger partial charge in [0, 0.05) is 6.07 Å². The fourth-order valence-electron chi connectivity index (χ4n) is 3.28. The van der Waals surface area contributed by atoms with E-state index in [2.05, 4.69) is 29.3 Å². The van der Waals surface area contributed by atoms with E-state index in [0.29, 0.717) is 17.2 Å². The summed E-state index contributed by atoms with van der Waals surface area (Å²) in [7, 11) is 1.65. The lowest BCUT2D eigenvalue weighted by Crippen LogP contribution is -2.06. The standard InChI is InChI=1S/C23H29N3O2S/c1-3-4-5-6-7-9-18-12-14-20(15-13-18)28-17-22-24-25-23(29)26(22)19-10-8-11-21(16-19)27-2/h8,10-16H,3-7,9,17H2,1-2H3,(H,25,29). The molecule has 0 aliphatic rings. The molecule has 1 heterocycles. The van der Waals surface area contributed by atoms with Crippen molar-refractivity contribution in [3.63, 3.8) is 0 Å². The van der Waals surface area contributed by atoms with Gasteiger partial charge in [0.25, 0.3) is 0 Å². The highest BCUT2D eigenvalue weighted by molar-refractivity contribution is 7.71. The Kier molecular flexibility index (Phi) is 7.87. The monoisotopic (exact) mass is 411 g/mol. The van der Waals surface area contributed by atoms with E-state index in [1.54, 1.807) is 7.11 Å². The van der Waals surface area contributed by atoms with Gasteiger partial charge in [0.1, 0.15) is 18.1 Å². The van der Waals surface area contributed by atoms with E-state index in [1.165, 1.54) is 37.7 Å². The number of nitrogens with zero attached hydrogens (tertiary/aromatic N) is 2. The third-order valence-electron chi connectivity index (χ3n) is 4.91. The Hall–Kier alpha value is -2.60. The molecule has 0 amide bonds. The van der Waals surface area contributed by atoms with Crippen LogP contribution in [0.15, 0.2) is 48.5 Å². The van der Waals surface area contributed by atoms with Crippen LogP contribution in [0.25, 0.3) is 5.69 Å². The molecule has 0 aliphatic carbocycles.